The van der Waals surface area contributed by atoms with Crippen molar-refractivity contribution in [1.82, 2.24) is 14.3 Å². The lowest BCUT2D eigenvalue weighted by molar-refractivity contribution is -0.114. The third kappa shape index (κ3) is 3.40. The Morgan fingerprint density at radius 2 is 1.81 bits per heavy atom. The second-order valence-corrected chi connectivity index (χ2v) is 5.45. The van der Waals surface area contributed by atoms with Gasteiger partial charge in [-0.3, -0.25) is 14.2 Å². The summed E-state index contributed by atoms with van der Waals surface area (Å²) in [5.41, 5.74) is -0.229. The number of carbonyl (C=O) groups is 1. The maximum atomic E-state index is 12.0. The Morgan fingerprint density at radius 1 is 1.19 bits per heavy atom. The van der Waals surface area contributed by atoms with E-state index in [2.05, 4.69) is 10.4 Å². The first-order valence-electron chi connectivity index (χ1n) is 6.08. The number of amides is 1. The minimum atomic E-state index is -0.467. The average molecular weight is 306 g/mol. The largest absolute Gasteiger partial charge is 0.346 e. The Kier molecular flexibility index (Phi) is 4.27. The summed E-state index contributed by atoms with van der Waals surface area (Å²) in [6.45, 7) is 1.43. The van der Waals surface area contributed by atoms with Gasteiger partial charge in [0.05, 0.1) is 0 Å². The number of rotatable bonds is 3. The molecule has 2 rings (SSSR count). The van der Waals surface area contributed by atoms with Crippen LogP contribution in [0.25, 0.3) is 0 Å². The fraction of sp³-hybridized carbons (Fsp3) is 0.231. The highest BCUT2D eigenvalue weighted by Gasteiger charge is 2.10. The molecule has 0 unspecified atom stereocenters. The van der Waals surface area contributed by atoms with Crippen LogP contribution in [0.1, 0.15) is 6.92 Å². The topological polar surface area (TPSA) is 86.0 Å². The van der Waals surface area contributed by atoms with E-state index in [9.17, 15) is 14.4 Å². The highest BCUT2D eigenvalue weighted by Crippen LogP contribution is 2.24. The monoisotopic (exact) mass is 306 g/mol. The predicted molar refractivity (Wildman–Crippen MR) is 79.6 cm³/mol. The molecule has 21 heavy (non-hydrogen) atoms. The third-order valence-electron chi connectivity index (χ3n) is 2.68. The summed E-state index contributed by atoms with van der Waals surface area (Å²) in [4.78, 5) is 35.2. The average Bonchev–Trinajstić information content (AvgIpc) is 2.44. The summed E-state index contributed by atoms with van der Waals surface area (Å²) < 4.78 is 2.14. The molecule has 0 radical (unpaired) electrons. The molecule has 0 spiro atoms. The van der Waals surface area contributed by atoms with Gasteiger partial charge in [0.1, 0.15) is 0 Å². The predicted octanol–water partition coefficient (Wildman–Crippen LogP) is 0.589. The maximum Gasteiger partial charge on any atom is 0.346 e. The Bertz CT molecular complexity index is 793. The van der Waals surface area contributed by atoms with Crippen molar-refractivity contribution in [3.63, 3.8) is 0 Å². The highest BCUT2D eigenvalue weighted by molar-refractivity contribution is 7.99. The molecule has 1 heterocycles. The molecule has 0 saturated carbocycles. The summed E-state index contributed by atoms with van der Waals surface area (Å²) in [6, 6.07) is 7.00. The molecule has 2 aromatic rings. The van der Waals surface area contributed by atoms with Crippen LogP contribution in [0.2, 0.25) is 0 Å². The molecule has 1 amide bonds. The molecule has 0 fully saturated rings. The molecule has 0 aliphatic rings. The van der Waals surface area contributed by atoms with Crippen LogP contribution in [0.15, 0.2) is 43.8 Å². The van der Waals surface area contributed by atoms with Crippen molar-refractivity contribution in [2.45, 2.75) is 16.8 Å². The van der Waals surface area contributed by atoms with E-state index in [4.69, 9.17) is 0 Å². The lowest BCUT2D eigenvalue weighted by Crippen LogP contribution is -2.39. The molecular formula is C13H14N4O3S. The molecule has 0 atom stereocenters. The van der Waals surface area contributed by atoms with Crippen molar-refractivity contribution in [2.24, 2.45) is 14.1 Å². The number of aryl methyl sites for hydroxylation is 1. The molecular weight excluding hydrogens is 292 g/mol. The summed E-state index contributed by atoms with van der Waals surface area (Å²) in [5, 5.41) is 6.84. The molecule has 0 bridgehead atoms. The Morgan fingerprint density at radius 3 is 2.38 bits per heavy atom. The van der Waals surface area contributed by atoms with Crippen LogP contribution in [0.3, 0.4) is 0 Å². The summed E-state index contributed by atoms with van der Waals surface area (Å²) in [7, 11) is 2.90. The number of hydrogen-bond acceptors (Lipinski definition) is 5. The van der Waals surface area contributed by atoms with E-state index in [1.54, 1.807) is 24.3 Å². The molecule has 0 aliphatic heterocycles. The molecule has 1 aromatic heterocycles. The van der Waals surface area contributed by atoms with Gasteiger partial charge in [-0.05, 0) is 24.3 Å². The van der Waals surface area contributed by atoms with E-state index >= 15 is 0 Å². The Labute approximate surface area is 124 Å². The second kappa shape index (κ2) is 5.96. The van der Waals surface area contributed by atoms with Gasteiger partial charge in [0, 0.05) is 31.6 Å². The van der Waals surface area contributed by atoms with Crippen LogP contribution in [0.4, 0.5) is 5.69 Å². The van der Waals surface area contributed by atoms with Crippen LogP contribution >= 0.6 is 11.8 Å². The maximum absolute atomic E-state index is 12.0. The molecule has 7 nitrogen and oxygen atoms in total. The zero-order chi connectivity index (χ0) is 15.6. The van der Waals surface area contributed by atoms with Crippen LogP contribution in [-0.4, -0.2) is 20.3 Å². The van der Waals surface area contributed by atoms with E-state index in [0.29, 0.717) is 5.69 Å². The summed E-state index contributed by atoms with van der Waals surface area (Å²) in [5.74, 6) is -0.149. The molecule has 8 heteroatoms. The van der Waals surface area contributed by atoms with Gasteiger partial charge in [-0.1, -0.05) is 11.8 Å². The molecule has 1 N–H and O–H groups in total. The Balaban J connectivity index is 2.29. The van der Waals surface area contributed by atoms with E-state index in [-0.39, 0.29) is 10.9 Å². The van der Waals surface area contributed by atoms with Gasteiger partial charge >= 0.3 is 5.69 Å². The van der Waals surface area contributed by atoms with Crippen molar-refractivity contribution in [3.05, 3.63) is 45.1 Å². The van der Waals surface area contributed by atoms with Crippen molar-refractivity contribution in [2.75, 3.05) is 5.32 Å². The van der Waals surface area contributed by atoms with Gasteiger partial charge in [0.25, 0.3) is 5.56 Å². The first-order chi connectivity index (χ1) is 9.88. The standard InChI is InChI=1S/C13H14N4O3S/c1-8(18)14-9-4-6-10(7-5-9)21-11-12(19)16(2)13(20)17(3)15-11/h4-7H,1-3H3,(H,14,18). The molecule has 0 saturated heterocycles. The molecule has 110 valence electrons. The first kappa shape index (κ1) is 15.0. The zero-order valence-electron chi connectivity index (χ0n) is 11.8. The van der Waals surface area contributed by atoms with E-state index in [0.717, 1.165) is 25.9 Å². The van der Waals surface area contributed by atoms with Crippen LogP contribution in [0.5, 0.6) is 0 Å². The van der Waals surface area contributed by atoms with E-state index < -0.39 is 11.2 Å². The lowest BCUT2D eigenvalue weighted by Gasteiger charge is -2.06. The number of anilines is 1. The van der Waals surface area contributed by atoms with E-state index in [1.807, 2.05) is 0 Å². The SMILES string of the molecule is CC(=O)Nc1ccc(Sc2nn(C)c(=O)n(C)c2=O)cc1. The molecule has 1 aromatic carbocycles. The summed E-state index contributed by atoms with van der Waals surface area (Å²) in [6.07, 6.45) is 0. The molecule has 0 aliphatic carbocycles. The van der Waals surface area contributed by atoms with Crippen molar-refractivity contribution in [3.8, 4) is 0 Å². The normalized spacial score (nSPS) is 10.4. The minimum absolute atomic E-state index is 0.149. The van der Waals surface area contributed by atoms with Gasteiger partial charge in [-0.15, -0.1) is 0 Å². The van der Waals surface area contributed by atoms with Gasteiger partial charge in [-0.2, -0.15) is 5.10 Å². The highest BCUT2D eigenvalue weighted by atomic mass is 32.2. The number of nitrogens with one attached hydrogen (secondary N) is 1. The number of carbonyl (C=O) groups excluding carboxylic acids is 1. The van der Waals surface area contributed by atoms with Gasteiger partial charge in [0.2, 0.25) is 5.91 Å². The van der Waals surface area contributed by atoms with Crippen molar-refractivity contribution < 1.29 is 4.79 Å². The van der Waals surface area contributed by atoms with Crippen LogP contribution in [0, 0.1) is 0 Å². The van der Waals surface area contributed by atoms with Crippen molar-refractivity contribution >= 4 is 23.4 Å². The number of aromatic nitrogens is 3. The fourth-order valence-corrected chi connectivity index (χ4v) is 2.54. The lowest BCUT2D eigenvalue weighted by atomic mass is 10.3. The fourth-order valence-electron chi connectivity index (χ4n) is 1.65. The third-order valence-corrected chi connectivity index (χ3v) is 3.64. The quantitative estimate of drug-likeness (QED) is 0.897. The second-order valence-electron chi connectivity index (χ2n) is 4.38. The Hall–Kier alpha value is -2.35. The summed E-state index contributed by atoms with van der Waals surface area (Å²) >= 11 is 1.16. The van der Waals surface area contributed by atoms with Gasteiger partial charge in [0.15, 0.2) is 5.03 Å². The number of benzene rings is 1. The van der Waals surface area contributed by atoms with Gasteiger partial charge < -0.3 is 5.32 Å². The van der Waals surface area contributed by atoms with Crippen LogP contribution < -0.4 is 16.6 Å². The number of nitrogens with zero attached hydrogens (tertiary/aromatic N) is 3. The first-order valence-corrected chi connectivity index (χ1v) is 6.90. The minimum Gasteiger partial charge on any atom is -0.326 e. The van der Waals surface area contributed by atoms with E-state index in [1.165, 1.54) is 21.0 Å². The number of hydrogen-bond donors (Lipinski definition) is 1. The van der Waals surface area contributed by atoms with Crippen LogP contribution in [-0.2, 0) is 18.9 Å². The smallest absolute Gasteiger partial charge is 0.326 e. The van der Waals surface area contributed by atoms with Crippen molar-refractivity contribution in [1.29, 1.82) is 0 Å². The zero-order valence-corrected chi connectivity index (χ0v) is 12.6. The van der Waals surface area contributed by atoms with Gasteiger partial charge in [-0.25, -0.2) is 9.48 Å².